The molecule has 2 aromatic carbocycles. The second-order valence-electron chi connectivity index (χ2n) is 4.30. The van der Waals surface area contributed by atoms with Crippen molar-refractivity contribution < 1.29 is 4.39 Å². The lowest BCUT2D eigenvalue weighted by atomic mass is 10.2. The first-order chi connectivity index (χ1) is 9.74. The van der Waals surface area contributed by atoms with Gasteiger partial charge < -0.3 is 0 Å². The van der Waals surface area contributed by atoms with E-state index in [9.17, 15) is 9.18 Å². The summed E-state index contributed by atoms with van der Waals surface area (Å²) in [5, 5.41) is 7.64. The lowest BCUT2D eigenvalue weighted by Crippen LogP contribution is -2.24. The van der Waals surface area contributed by atoms with Crippen molar-refractivity contribution in [1.82, 2.24) is 19.8 Å². The summed E-state index contributed by atoms with van der Waals surface area (Å²) in [5.74, 6) is -0.342. The van der Waals surface area contributed by atoms with Crippen LogP contribution in [0.1, 0.15) is 5.56 Å². The summed E-state index contributed by atoms with van der Waals surface area (Å²) in [6, 6.07) is 15.1. The third-order valence-electron chi connectivity index (χ3n) is 2.86. The molecule has 0 bridgehead atoms. The van der Waals surface area contributed by atoms with Crippen molar-refractivity contribution in [2.24, 2.45) is 0 Å². The van der Waals surface area contributed by atoms with Gasteiger partial charge in [0.2, 0.25) is 0 Å². The summed E-state index contributed by atoms with van der Waals surface area (Å²) in [5.41, 5.74) is 0.940. The van der Waals surface area contributed by atoms with E-state index in [0.29, 0.717) is 11.3 Å². The first-order valence-corrected chi connectivity index (χ1v) is 6.07. The van der Waals surface area contributed by atoms with Crippen molar-refractivity contribution in [3.63, 3.8) is 0 Å². The molecule has 0 unspecified atom stereocenters. The largest absolute Gasteiger partial charge is 0.368 e. The molecular weight excluding hydrogens is 259 g/mol. The van der Waals surface area contributed by atoms with Gasteiger partial charge in [-0.2, -0.15) is 9.36 Å². The Labute approximate surface area is 113 Å². The van der Waals surface area contributed by atoms with Crippen LogP contribution in [0.4, 0.5) is 4.39 Å². The summed E-state index contributed by atoms with van der Waals surface area (Å²) in [7, 11) is 0. The highest BCUT2D eigenvalue weighted by Gasteiger charge is 2.09. The van der Waals surface area contributed by atoms with Crippen LogP contribution in [0.3, 0.4) is 0 Å². The maximum atomic E-state index is 13.1. The Morgan fingerprint density at radius 1 is 1.00 bits per heavy atom. The van der Waals surface area contributed by atoms with Crippen molar-refractivity contribution in [2.45, 2.75) is 6.54 Å². The minimum absolute atomic E-state index is 0.184. The smallest absolute Gasteiger partial charge is 0.244 e. The summed E-state index contributed by atoms with van der Waals surface area (Å²) in [4.78, 5) is 12.2. The minimum atomic E-state index is -0.361. The Morgan fingerprint density at radius 2 is 1.80 bits per heavy atom. The summed E-state index contributed by atoms with van der Waals surface area (Å²) in [6.45, 7) is 0.184. The van der Waals surface area contributed by atoms with Gasteiger partial charge >= 0.3 is 5.69 Å². The van der Waals surface area contributed by atoms with Gasteiger partial charge in [-0.15, -0.1) is 0 Å². The first-order valence-electron chi connectivity index (χ1n) is 6.07. The van der Waals surface area contributed by atoms with Gasteiger partial charge in [0.05, 0.1) is 12.2 Å². The Hall–Kier alpha value is -2.76. The van der Waals surface area contributed by atoms with Crippen LogP contribution in [0, 0.1) is 5.82 Å². The summed E-state index contributed by atoms with van der Waals surface area (Å²) >= 11 is 0. The standard InChI is InChI=1S/C14H11FN4O/c15-12-6-4-5-11(9-12)10-18-14(20)19(17-16-18)13-7-2-1-3-8-13/h1-9H,10H2. The molecule has 100 valence electrons. The molecule has 0 N–H and O–H groups in total. The SMILES string of the molecule is O=c1n(Cc2cccc(F)c2)nnn1-c1ccccc1. The van der Waals surface area contributed by atoms with Crippen molar-refractivity contribution in [3.8, 4) is 5.69 Å². The molecule has 1 heterocycles. The Kier molecular flexibility index (Phi) is 3.12. The fourth-order valence-corrected chi connectivity index (χ4v) is 1.91. The van der Waals surface area contributed by atoms with Gasteiger partial charge in [-0.3, -0.25) is 0 Å². The van der Waals surface area contributed by atoms with E-state index >= 15 is 0 Å². The van der Waals surface area contributed by atoms with E-state index in [1.54, 1.807) is 24.3 Å². The van der Waals surface area contributed by atoms with Crippen LogP contribution in [0.5, 0.6) is 0 Å². The Morgan fingerprint density at radius 3 is 2.55 bits per heavy atom. The number of hydrogen-bond acceptors (Lipinski definition) is 3. The third kappa shape index (κ3) is 2.35. The number of para-hydroxylation sites is 1. The predicted molar refractivity (Wildman–Crippen MR) is 71.1 cm³/mol. The van der Waals surface area contributed by atoms with Gasteiger partial charge in [0, 0.05) is 0 Å². The Bertz CT molecular complexity index is 779. The number of tetrazole rings is 1. The van der Waals surface area contributed by atoms with E-state index in [-0.39, 0.29) is 18.1 Å². The van der Waals surface area contributed by atoms with Crippen LogP contribution in [0.15, 0.2) is 59.4 Å². The van der Waals surface area contributed by atoms with Gasteiger partial charge in [-0.1, -0.05) is 30.3 Å². The molecule has 0 radical (unpaired) electrons. The van der Waals surface area contributed by atoms with E-state index in [1.165, 1.54) is 21.5 Å². The van der Waals surface area contributed by atoms with Gasteiger partial charge in [-0.25, -0.2) is 9.18 Å². The van der Waals surface area contributed by atoms with Gasteiger partial charge in [0.25, 0.3) is 0 Å². The van der Waals surface area contributed by atoms with Crippen LogP contribution >= 0.6 is 0 Å². The zero-order valence-corrected chi connectivity index (χ0v) is 10.5. The molecule has 3 aromatic rings. The molecule has 0 atom stereocenters. The molecule has 5 nitrogen and oxygen atoms in total. The van der Waals surface area contributed by atoms with Crippen LogP contribution in [0.2, 0.25) is 0 Å². The van der Waals surface area contributed by atoms with Crippen LogP contribution in [-0.2, 0) is 6.54 Å². The van der Waals surface area contributed by atoms with Crippen LogP contribution in [0.25, 0.3) is 5.69 Å². The average molecular weight is 270 g/mol. The molecule has 0 saturated heterocycles. The van der Waals surface area contributed by atoms with E-state index < -0.39 is 0 Å². The number of benzene rings is 2. The van der Waals surface area contributed by atoms with Crippen molar-refractivity contribution in [3.05, 3.63) is 76.5 Å². The lowest BCUT2D eigenvalue weighted by Gasteiger charge is -1.99. The number of rotatable bonds is 3. The fourth-order valence-electron chi connectivity index (χ4n) is 1.91. The highest BCUT2D eigenvalue weighted by atomic mass is 19.1. The highest BCUT2D eigenvalue weighted by molar-refractivity contribution is 5.29. The topological polar surface area (TPSA) is 52.7 Å². The summed E-state index contributed by atoms with van der Waals surface area (Å²) in [6.07, 6.45) is 0. The number of nitrogens with zero attached hydrogens (tertiary/aromatic N) is 4. The quantitative estimate of drug-likeness (QED) is 0.726. The zero-order chi connectivity index (χ0) is 13.9. The Balaban J connectivity index is 1.94. The molecule has 0 aliphatic rings. The lowest BCUT2D eigenvalue weighted by molar-refractivity contribution is 0.608. The van der Waals surface area contributed by atoms with Crippen LogP contribution in [-0.4, -0.2) is 19.8 Å². The van der Waals surface area contributed by atoms with Crippen molar-refractivity contribution >= 4 is 0 Å². The molecule has 1 aromatic heterocycles. The predicted octanol–water partition coefficient (Wildman–Crippen LogP) is 1.62. The maximum Gasteiger partial charge on any atom is 0.368 e. The third-order valence-corrected chi connectivity index (χ3v) is 2.86. The number of hydrogen-bond donors (Lipinski definition) is 0. The molecule has 0 amide bonds. The second kappa shape index (κ2) is 5.08. The van der Waals surface area contributed by atoms with Crippen LogP contribution < -0.4 is 5.69 Å². The molecule has 0 saturated carbocycles. The fraction of sp³-hybridized carbons (Fsp3) is 0.0714. The normalized spacial score (nSPS) is 10.7. The van der Waals surface area contributed by atoms with E-state index in [1.807, 2.05) is 18.2 Å². The molecule has 0 aliphatic carbocycles. The maximum absolute atomic E-state index is 13.1. The van der Waals surface area contributed by atoms with Gasteiger partial charge in [0.1, 0.15) is 5.82 Å². The van der Waals surface area contributed by atoms with E-state index in [2.05, 4.69) is 10.4 Å². The molecule has 0 spiro atoms. The molecule has 6 heteroatoms. The molecule has 0 aliphatic heterocycles. The second-order valence-corrected chi connectivity index (χ2v) is 4.30. The van der Waals surface area contributed by atoms with E-state index in [4.69, 9.17) is 0 Å². The van der Waals surface area contributed by atoms with Gasteiger partial charge in [0.15, 0.2) is 0 Å². The van der Waals surface area contributed by atoms with Crippen molar-refractivity contribution in [1.29, 1.82) is 0 Å². The average Bonchev–Trinajstić information content (AvgIpc) is 2.81. The van der Waals surface area contributed by atoms with Crippen molar-refractivity contribution in [2.75, 3.05) is 0 Å². The van der Waals surface area contributed by atoms with E-state index in [0.717, 1.165) is 0 Å². The number of aromatic nitrogens is 4. The molecule has 3 rings (SSSR count). The molecule has 20 heavy (non-hydrogen) atoms. The number of halogens is 1. The zero-order valence-electron chi connectivity index (χ0n) is 10.5. The highest BCUT2D eigenvalue weighted by Crippen LogP contribution is 2.05. The van der Waals surface area contributed by atoms with Gasteiger partial charge in [-0.05, 0) is 40.3 Å². The minimum Gasteiger partial charge on any atom is -0.244 e. The first kappa shape index (κ1) is 12.3. The monoisotopic (exact) mass is 270 g/mol. The summed E-state index contributed by atoms with van der Waals surface area (Å²) < 4.78 is 15.5. The molecular formula is C14H11FN4O. The molecule has 0 fully saturated rings.